The van der Waals surface area contributed by atoms with E-state index in [2.05, 4.69) is 0 Å². The van der Waals surface area contributed by atoms with Gasteiger partial charge in [0.25, 0.3) is 0 Å². The van der Waals surface area contributed by atoms with Gasteiger partial charge in [-0.2, -0.15) is 0 Å². The van der Waals surface area contributed by atoms with Crippen molar-refractivity contribution < 1.29 is 9.21 Å². The summed E-state index contributed by atoms with van der Waals surface area (Å²) in [7, 11) is 0. The number of nitrogens with zero attached hydrogens (tertiary/aromatic N) is 1. The molecular weight excluding hydrogens is 284 g/mol. The Balaban J connectivity index is 2.21. The number of hydrogen-bond acceptors (Lipinski definition) is 3. The molecule has 1 amide bonds. The van der Waals surface area contributed by atoms with Crippen molar-refractivity contribution in [2.75, 3.05) is 6.54 Å². The van der Waals surface area contributed by atoms with Crippen LogP contribution in [-0.2, 0) is 11.3 Å². The van der Waals surface area contributed by atoms with Crippen LogP contribution in [0.3, 0.4) is 0 Å². The van der Waals surface area contributed by atoms with Crippen LogP contribution in [0.5, 0.6) is 0 Å². The summed E-state index contributed by atoms with van der Waals surface area (Å²) in [6.07, 6.45) is 7.51. The predicted molar refractivity (Wildman–Crippen MR) is 86.7 cm³/mol. The summed E-state index contributed by atoms with van der Waals surface area (Å²) < 4.78 is 5.36. The zero-order chi connectivity index (χ0) is 15.3. The topological polar surface area (TPSA) is 59.5 Å². The van der Waals surface area contributed by atoms with Gasteiger partial charge in [-0.15, -0.1) is 0 Å². The first-order valence-corrected chi connectivity index (χ1v) is 8.12. The molecular formula is C16H24N2O2S. The molecule has 4 nitrogen and oxygen atoms in total. The molecule has 0 unspecified atom stereocenters. The lowest BCUT2D eigenvalue weighted by Gasteiger charge is -2.35. The highest BCUT2D eigenvalue weighted by Crippen LogP contribution is 2.37. The molecule has 0 radical (unpaired) electrons. The summed E-state index contributed by atoms with van der Waals surface area (Å²) in [5.41, 5.74) is 5.34. The molecule has 0 aliphatic heterocycles. The van der Waals surface area contributed by atoms with Crippen molar-refractivity contribution in [2.45, 2.75) is 52.0 Å². The van der Waals surface area contributed by atoms with Gasteiger partial charge in [-0.25, -0.2) is 0 Å². The molecule has 1 fully saturated rings. The number of furan rings is 1. The van der Waals surface area contributed by atoms with Crippen molar-refractivity contribution in [1.82, 2.24) is 4.90 Å². The van der Waals surface area contributed by atoms with Gasteiger partial charge in [0.05, 0.1) is 23.2 Å². The number of carbonyl (C=O) groups excluding carboxylic acids is 1. The van der Waals surface area contributed by atoms with Crippen LogP contribution < -0.4 is 5.73 Å². The van der Waals surface area contributed by atoms with Crippen molar-refractivity contribution in [1.29, 1.82) is 0 Å². The number of hydrogen-bond donors (Lipinski definition) is 1. The van der Waals surface area contributed by atoms with Crippen LogP contribution in [-0.4, -0.2) is 22.3 Å². The highest BCUT2D eigenvalue weighted by atomic mass is 32.1. The van der Waals surface area contributed by atoms with E-state index >= 15 is 0 Å². The van der Waals surface area contributed by atoms with Crippen LogP contribution in [0.15, 0.2) is 22.8 Å². The standard InChI is InChI=1S/C16H24N2O2S/c1-2-18(12-13-8-7-11-20-13)15(19)16(14(17)21)9-5-3-4-6-10-16/h7-8,11H,2-6,9-10,12H2,1H3,(H2,17,21). The number of thiocarbonyl (C=S) groups is 1. The van der Waals surface area contributed by atoms with Gasteiger partial charge in [0, 0.05) is 6.54 Å². The van der Waals surface area contributed by atoms with E-state index in [1.807, 2.05) is 24.0 Å². The molecule has 0 aromatic carbocycles. The second-order valence-corrected chi connectivity index (χ2v) is 6.20. The van der Waals surface area contributed by atoms with Crippen LogP contribution in [0, 0.1) is 5.41 Å². The van der Waals surface area contributed by atoms with Gasteiger partial charge in [0.15, 0.2) is 0 Å². The third-order valence-electron chi connectivity index (χ3n) is 4.43. The molecule has 116 valence electrons. The maximum atomic E-state index is 13.1. The SMILES string of the molecule is CCN(Cc1ccco1)C(=O)C1(C(N)=S)CCCCCC1. The lowest BCUT2D eigenvalue weighted by Crippen LogP contribution is -2.50. The van der Waals surface area contributed by atoms with E-state index < -0.39 is 5.41 Å². The van der Waals surface area contributed by atoms with Gasteiger partial charge in [-0.3, -0.25) is 4.79 Å². The number of rotatable bonds is 5. The number of amides is 1. The lowest BCUT2D eigenvalue weighted by atomic mass is 9.78. The molecule has 0 bridgehead atoms. The zero-order valence-corrected chi connectivity index (χ0v) is 13.5. The molecule has 5 heteroatoms. The Morgan fingerprint density at radius 2 is 2.05 bits per heavy atom. The Labute approximate surface area is 131 Å². The lowest BCUT2D eigenvalue weighted by molar-refractivity contribution is -0.139. The van der Waals surface area contributed by atoms with Gasteiger partial charge < -0.3 is 15.1 Å². The van der Waals surface area contributed by atoms with E-state index in [0.717, 1.165) is 44.3 Å². The molecule has 21 heavy (non-hydrogen) atoms. The summed E-state index contributed by atoms with van der Waals surface area (Å²) >= 11 is 5.29. The van der Waals surface area contributed by atoms with Crippen LogP contribution in [0.1, 0.15) is 51.2 Å². The Bertz CT molecular complexity index is 476. The summed E-state index contributed by atoms with van der Waals surface area (Å²) in [5.74, 6) is 0.854. The van der Waals surface area contributed by atoms with Gasteiger partial charge in [-0.05, 0) is 31.9 Å². The first-order chi connectivity index (χ1) is 10.1. The Morgan fingerprint density at radius 3 is 2.52 bits per heavy atom. The highest BCUT2D eigenvalue weighted by molar-refractivity contribution is 7.80. The minimum atomic E-state index is -0.658. The quantitative estimate of drug-likeness (QED) is 0.670. The molecule has 1 aliphatic carbocycles. The van der Waals surface area contributed by atoms with E-state index in [9.17, 15) is 4.79 Å². The van der Waals surface area contributed by atoms with Crippen LogP contribution in [0.2, 0.25) is 0 Å². The first kappa shape index (κ1) is 16.0. The van der Waals surface area contributed by atoms with E-state index in [1.165, 1.54) is 0 Å². The summed E-state index contributed by atoms with van der Waals surface area (Å²) in [4.78, 5) is 15.3. The smallest absolute Gasteiger partial charge is 0.236 e. The fraction of sp³-hybridized carbons (Fsp3) is 0.625. The number of carbonyl (C=O) groups is 1. The Hall–Kier alpha value is -1.36. The molecule has 1 saturated carbocycles. The van der Waals surface area contributed by atoms with Crippen LogP contribution >= 0.6 is 12.2 Å². The normalized spacial score (nSPS) is 18.0. The van der Waals surface area contributed by atoms with E-state index in [4.69, 9.17) is 22.4 Å². The molecule has 1 aromatic rings. The molecule has 0 atom stereocenters. The van der Waals surface area contributed by atoms with Crippen LogP contribution in [0.25, 0.3) is 0 Å². The Morgan fingerprint density at radius 1 is 1.38 bits per heavy atom. The molecule has 1 heterocycles. The fourth-order valence-electron chi connectivity index (χ4n) is 3.12. The molecule has 0 spiro atoms. The average molecular weight is 308 g/mol. The van der Waals surface area contributed by atoms with Gasteiger partial charge in [-0.1, -0.05) is 37.9 Å². The second kappa shape index (κ2) is 7.07. The van der Waals surface area contributed by atoms with Gasteiger partial charge in [0.2, 0.25) is 5.91 Å². The maximum absolute atomic E-state index is 13.1. The molecule has 1 aliphatic rings. The van der Waals surface area contributed by atoms with Crippen molar-refractivity contribution in [3.8, 4) is 0 Å². The summed E-state index contributed by atoms with van der Waals surface area (Å²) in [6.45, 7) is 3.08. The monoisotopic (exact) mass is 308 g/mol. The maximum Gasteiger partial charge on any atom is 0.236 e. The van der Waals surface area contributed by atoms with Gasteiger partial charge >= 0.3 is 0 Å². The second-order valence-electron chi connectivity index (χ2n) is 5.76. The highest BCUT2D eigenvalue weighted by Gasteiger charge is 2.43. The molecule has 0 saturated heterocycles. The van der Waals surface area contributed by atoms with Crippen molar-refractivity contribution in [2.24, 2.45) is 11.1 Å². The number of nitrogens with two attached hydrogens (primary N) is 1. The third-order valence-corrected chi connectivity index (χ3v) is 4.82. The summed E-state index contributed by atoms with van der Waals surface area (Å²) in [5, 5.41) is 0. The average Bonchev–Trinajstić information content (AvgIpc) is 2.85. The van der Waals surface area contributed by atoms with E-state index in [-0.39, 0.29) is 5.91 Å². The predicted octanol–water partition coefficient (Wildman–Crippen LogP) is 3.25. The van der Waals surface area contributed by atoms with E-state index in [1.54, 1.807) is 6.26 Å². The molecule has 2 rings (SSSR count). The summed E-state index contributed by atoms with van der Waals surface area (Å²) in [6, 6.07) is 3.72. The fourth-order valence-corrected chi connectivity index (χ4v) is 3.41. The Kier molecular flexibility index (Phi) is 5.39. The van der Waals surface area contributed by atoms with Crippen molar-refractivity contribution >= 4 is 23.1 Å². The van der Waals surface area contributed by atoms with Crippen LogP contribution in [0.4, 0.5) is 0 Å². The largest absolute Gasteiger partial charge is 0.467 e. The van der Waals surface area contributed by atoms with Crippen molar-refractivity contribution in [3.63, 3.8) is 0 Å². The minimum Gasteiger partial charge on any atom is -0.467 e. The molecule has 2 N–H and O–H groups in total. The first-order valence-electron chi connectivity index (χ1n) is 7.72. The molecule has 1 aromatic heterocycles. The van der Waals surface area contributed by atoms with Gasteiger partial charge in [0.1, 0.15) is 5.76 Å². The van der Waals surface area contributed by atoms with Crippen molar-refractivity contribution in [3.05, 3.63) is 24.2 Å². The third kappa shape index (κ3) is 3.46. The zero-order valence-electron chi connectivity index (χ0n) is 12.6. The van der Waals surface area contributed by atoms with E-state index in [0.29, 0.717) is 18.1 Å². The minimum absolute atomic E-state index is 0.0656.